The largest absolute Gasteiger partial charge is 0.480 e. The fraction of sp³-hybridized carbons (Fsp3) is 0.200. The van der Waals surface area contributed by atoms with Crippen LogP contribution in [0.2, 0.25) is 0 Å². The maximum atomic E-state index is 13.4. The highest BCUT2D eigenvalue weighted by atomic mass is 32.2. The van der Waals surface area contributed by atoms with E-state index in [2.05, 4.69) is 0 Å². The number of rotatable bonds is 6. The molecule has 0 unspecified atom stereocenters. The van der Waals surface area contributed by atoms with Gasteiger partial charge in [-0.1, -0.05) is 0 Å². The number of aliphatic carboxylic acids is 1. The van der Waals surface area contributed by atoms with Gasteiger partial charge < -0.3 is 10.8 Å². The Morgan fingerprint density at radius 2 is 1.81 bits per heavy atom. The molecule has 0 aromatic heterocycles. The van der Waals surface area contributed by atoms with Crippen LogP contribution in [0.5, 0.6) is 0 Å². The molecule has 1 rings (SSSR count). The molecule has 0 aliphatic heterocycles. The van der Waals surface area contributed by atoms with Crippen LogP contribution < -0.4 is 10.5 Å². The standard InChI is InChI=1S/C10H9F3N2O5S/c11-4-1-2-6(9(13)8(4)12)21(19,20)15-5(10(17)18)3-7(14)16/h1-2,5,15H,3H2,(H2,14,16)(H,17,18)/t5-/m0/s1. The van der Waals surface area contributed by atoms with Crippen LogP contribution in [0.15, 0.2) is 17.0 Å². The van der Waals surface area contributed by atoms with Crippen molar-refractivity contribution >= 4 is 21.9 Å². The summed E-state index contributed by atoms with van der Waals surface area (Å²) < 4.78 is 64.1. The molecule has 0 fully saturated rings. The molecule has 0 spiro atoms. The van der Waals surface area contributed by atoms with Gasteiger partial charge in [0.15, 0.2) is 17.5 Å². The normalized spacial score (nSPS) is 12.9. The van der Waals surface area contributed by atoms with Gasteiger partial charge in [0.1, 0.15) is 10.9 Å². The number of nitrogens with two attached hydrogens (primary N) is 1. The molecule has 0 heterocycles. The lowest BCUT2D eigenvalue weighted by atomic mass is 10.2. The summed E-state index contributed by atoms with van der Waals surface area (Å²) >= 11 is 0. The Morgan fingerprint density at radius 1 is 1.24 bits per heavy atom. The molecule has 116 valence electrons. The van der Waals surface area contributed by atoms with E-state index in [0.29, 0.717) is 12.1 Å². The Morgan fingerprint density at radius 3 is 2.29 bits per heavy atom. The lowest BCUT2D eigenvalue weighted by Crippen LogP contribution is -2.43. The van der Waals surface area contributed by atoms with Crippen molar-refractivity contribution in [1.82, 2.24) is 4.72 Å². The van der Waals surface area contributed by atoms with Gasteiger partial charge in [0.25, 0.3) is 0 Å². The summed E-state index contributed by atoms with van der Waals surface area (Å²) in [4.78, 5) is 20.1. The number of carbonyl (C=O) groups is 2. The second-order valence-electron chi connectivity index (χ2n) is 3.86. The topological polar surface area (TPSA) is 127 Å². The second kappa shape index (κ2) is 6.10. The zero-order chi connectivity index (χ0) is 16.4. The summed E-state index contributed by atoms with van der Waals surface area (Å²) in [5.74, 6) is -8.53. The van der Waals surface area contributed by atoms with Crippen molar-refractivity contribution in [2.45, 2.75) is 17.4 Å². The molecule has 0 saturated heterocycles. The van der Waals surface area contributed by atoms with E-state index in [9.17, 15) is 31.2 Å². The average molecular weight is 326 g/mol. The van der Waals surface area contributed by atoms with E-state index < -0.39 is 56.7 Å². The highest BCUT2D eigenvalue weighted by Crippen LogP contribution is 2.20. The molecule has 1 aromatic rings. The summed E-state index contributed by atoms with van der Waals surface area (Å²) in [6, 6.07) is -1.20. The number of carbonyl (C=O) groups excluding carboxylic acids is 1. The Balaban J connectivity index is 3.20. The van der Waals surface area contributed by atoms with Crippen LogP contribution >= 0.6 is 0 Å². The fourth-order valence-electron chi connectivity index (χ4n) is 1.35. The molecule has 1 amide bonds. The molecule has 0 aliphatic rings. The van der Waals surface area contributed by atoms with E-state index in [1.165, 1.54) is 4.72 Å². The first-order chi connectivity index (χ1) is 9.56. The molecule has 11 heteroatoms. The van der Waals surface area contributed by atoms with E-state index in [-0.39, 0.29) is 0 Å². The first-order valence-electron chi connectivity index (χ1n) is 5.23. The van der Waals surface area contributed by atoms with Gasteiger partial charge in [0, 0.05) is 0 Å². The molecule has 21 heavy (non-hydrogen) atoms. The molecular formula is C10H9F3N2O5S. The van der Waals surface area contributed by atoms with Crippen molar-refractivity contribution in [3.8, 4) is 0 Å². The van der Waals surface area contributed by atoms with Gasteiger partial charge in [-0.15, -0.1) is 0 Å². The molecule has 0 bridgehead atoms. The SMILES string of the molecule is NC(=O)C[C@H](NS(=O)(=O)c1ccc(F)c(F)c1F)C(=O)O. The molecule has 1 aromatic carbocycles. The van der Waals surface area contributed by atoms with Gasteiger partial charge in [-0.2, -0.15) is 4.72 Å². The van der Waals surface area contributed by atoms with Crippen molar-refractivity contribution in [2.75, 3.05) is 0 Å². The predicted molar refractivity (Wildman–Crippen MR) is 61.9 cm³/mol. The van der Waals surface area contributed by atoms with Crippen LogP contribution in [0, 0.1) is 17.5 Å². The van der Waals surface area contributed by atoms with Crippen LogP contribution in [0.3, 0.4) is 0 Å². The monoisotopic (exact) mass is 326 g/mol. The lowest BCUT2D eigenvalue weighted by molar-refractivity contribution is -0.140. The number of hydrogen-bond donors (Lipinski definition) is 3. The maximum absolute atomic E-state index is 13.4. The van der Waals surface area contributed by atoms with E-state index in [1.807, 2.05) is 0 Å². The van der Waals surface area contributed by atoms with Crippen LogP contribution in [0.25, 0.3) is 0 Å². The van der Waals surface area contributed by atoms with Gasteiger partial charge >= 0.3 is 5.97 Å². The van der Waals surface area contributed by atoms with Gasteiger partial charge in [-0.3, -0.25) is 9.59 Å². The quantitative estimate of drug-likeness (QED) is 0.619. The number of benzene rings is 1. The van der Waals surface area contributed by atoms with Crippen molar-refractivity contribution in [2.24, 2.45) is 5.73 Å². The lowest BCUT2D eigenvalue weighted by Gasteiger charge is -2.13. The van der Waals surface area contributed by atoms with E-state index in [0.717, 1.165) is 0 Å². The third kappa shape index (κ3) is 3.92. The molecular weight excluding hydrogens is 317 g/mol. The van der Waals surface area contributed by atoms with Crippen LogP contribution in [-0.2, 0) is 19.6 Å². The van der Waals surface area contributed by atoms with Gasteiger partial charge in [0.05, 0.1) is 6.42 Å². The van der Waals surface area contributed by atoms with E-state index in [4.69, 9.17) is 10.8 Å². The molecule has 7 nitrogen and oxygen atoms in total. The highest BCUT2D eigenvalue weighted by molar-refractivity contribution is 7.89. The number of carboxylic acids is 1. The van der Waals surface area contributed by atoms with Crippen LogP contribution in [0.1, 0.15) is 6.42 Å². The minimum Gasteiger partial charge on any atom is -0.480 e. The second-order valence-corrected chi connectivity index (χ2v) is 5.54. The summed E-state index contributed by atoms with van der Waals surface area (Å²) in [6.45, 7) is 0. The number of amides is 1. The van der Waals surface area contributed by atoms with Gasteiger partial charge in [-0.05, 0) is 12.1 Å². The summed E-state index contributed by atoms with van der Waals surface area (Å²) in [5.41, 5.74) is 4.74. The average Bonchev–Trinajstić information content (AvgIpc) is 2.33. The fourth-order valence-corrected chi connectivity index (χ4v) is 2.61. The third-order valence-corrected chi connectivity index (χ3v) is 3.78. The van der Waals surface area contributed by atoms with Crippen LogP contribution in [0.4, 0.5) is 13.2 Å². The summed E-state index contributed by atoms with van der Waals surface area (Å²) in [5, 5.41) is 8.74. The summed E-state index contributed by atoms with van der Waals surface area (Å²) in [6.07, 6.45) is -0.903. The Kier molecular flexibility index (Phi) is 4.91. The van der Waals surface area contributed by atoms with Crippen LogP contribution in [-0.4, -0.2) is 31.4 Å². The molecule has 0 aliphatic carbocycles. The van der Waals surface area contributed by atoms with Crippen molar-refractivity contribution in [3.63, 3.8) is 0 Å². The Labute approximate surface area is 116 Å². The first-order valence-corrected chi connectivity index (χ1v) is 6.71. The number of halogens is 3. The number of sulfonamides is 1. The smallest absolute Gasteiger partial charge is 0.322 e. The van der Waals surface area contributed by atoms with E-state index >= 15 is 0 Å². The number of hydrogen-bond acceptors (Lipinski definition) is 4. The maximum Gasteiger partial charge on any atom is 0.322 e. The Bertz CT molecular complexity index is 692. The molecule has 0 radical (unpaired) electrons. The predicted octanol–water partition coefficient (Wildman–Crippen LogP) is -0.289. The number of nitrogens with one attached hydrogen (secondary N) is 1. The van der Waals surface area contributed by atoms with Crippen molar-refractivity contribution in [1.29, 1.82) is 0 Å². The molecule has 4 N–H and O–H groups in total. The van der Waals surface area contributed by atoms with Gasteiger partial charge in [0.2, 0.25) is 15.9 Å². The number of carboxylic acid groups (broad SMARTS) is 1. The zero-order valence-corrected chi connectivity index (χ0v) is 11.0. The summed E-state index contributed by atoms with van der Waals surface area (Å²) in [7, 11) is -4.84. The zero-order valence-electron chi connectivity index (χ0n) is 10.1. The molecule has 1 atom stereocenters. The van der Waals surface area contributed by atoms with E-state index in [1.54, 1.807) is 0 Å². The first kappa shape index (κ1) is 16.9. The third-order valence-electron chi connectivity index (χ3n) is 2.29. The van der Waals surface area contributed by atoms with Gasteiger partial charge in [-0.25, -0.2) is 21.6 Å². The van der Waals surface area contributed by atoms with Crippen molar-refractivity contribution in [3.05, 3.63) is 29.6 Å². The van der Waals surface area contributed by atoms with Crippen molar-refractivity contribution < 1.29 is 36.3 Å². The molecule has 0 saturated carbocycles. The minimum absolute atomic E-state index is 0.358. The number of primary amides is 1. The minimum atomic E-state index is -4.84. The Hall–Kier alpha value is -2.14. The highest BCUT2D eigenvalue weighted by Gasteiger charge is 2.30.